The van der Waals surface area contributed by atoms with Crippen LogP contribution < -0.4 is 5.32 Å². The van der Waals surface area contributed by atoms with Gasteiger partial charge in [0.2, 0.25) is 0 Å². The van der Waals surface area contributed by atoms with E-state index in [1.165, 1.54) is 0 Å². The van der Waals surface area contributed by atoms with Crippen molar-refractivity contribution in [3.63, 3.8) is 0 Å². The van der Waals surface area contributed by atoms with Crippen molar-refractivity contribution < 1.29 is 4.57 Å². The zero-order valence-corrected chi connectivity index (χ0v) is 7.65. The van der Waals surface area contributed by atoms with Gasteiger partial charge >= 0.3 is 5.20 Å². The lowest BCUT2D eigenvalue weighted by atomic mass is 11.3. The molecule has 0 saturated heterocycles. The first-order chi connectivity index (χ1) is 3.41. The molecule has 0 bridgehead atoms. The lowest BCUT2D eigenvalue weighted by molar-refractivity contribution is 0.600. The van der Waals surface area contributed by atoms with E-state index >= 15 is 0 Å². The average molecular weight is 198 g/mol. The highest BCUT2D eigenvalue weighted by Gasteiger charge is 2.02. The quantitative estimate of drug-likeness (QED) is 0.606. The molecule has 0 aliphatic heterocycles. The highest BCUT2D eigenvalue weighted by atomic mass is 36.0. The molecule has 0 aliphatic rings. The Morgan fingerprint density at radius 3 is 1.25 bits per heavy atom. The molecule has 8 heavy (non-hydrogen) atoms. The molecule has 0 rings (SSSR count). The van der Waals surface area contributed by atoms with Crippen molar-refractivity contribution in [1.82, 2.24) is 5.32 Å². The van der Waals surface area contributed by atoms with E-state index in [4.69, 9.17) is 0 Å². The van der Waals surface area contributed by atoms with E-state index < -0.39 is 5.20 Å². The molecule has 0 saturated carbocycles. The van der Waals surface area contributed by atoms with Gasteiger partial charge in [0.15, 0.2) is 0 Å². The number of rotatable bonds is 0. The smallest absolute Gasteiger partial charge is 0.323 e. The summed E-state index contributed by atoms with van der Waals surface area (Å²) in [6.45, 7) is 0. The summed E-state index contributed by atoms with van der Waals surface area (Å²) in [5, 5.41) is -0.472. The summed E-state index contributed by atoms with van der Waals surface area (Å²) < 4.78 is 9.51. The van der Waals surface area contributed by atoms with E-state index in [2.05, 4.69) is 39.0 Å². The Morgan fingerprint density at radius 1 is 1.25 bits per heavy atom. The SMILES string of the molecule is CNC.O=P(Cl)(Cl)Cl. The van der Waals surface area contributed by atoms with Gasteiger partial charge in [-0.25, -0.2) is 0 Å². The van der Waals surface area contributed by atoms with Gasteiger partial charge in [0.05, 0.1) is 0 Å². The van der Waals surface area contributed by atoms with Crippen LogP contribution in [0.2, 0.25) is 0 Å². The Labute approximate surface area is 63.2 Å². The molecule has 0 spiro atoms. The average Bonchev–Trinajstić information content (AvgIpc) is 1.27. The molecule has 1 N–H and O–H groups in total. The van der Waals surface area contributed by atoms with Crippen molar-refractivity contribution in [2.24, 2.45) is 0 Å². The first-order valence-electron chi connectivity index (χ1n) is 1.69. The fourth-order valence-corrected chi connectivity index (χ4v) is 0. The van der Waals surface area contributed by atoms with Crippen molar-refractivity contribution in [2.45, 2.75) is 0 Å². The van der Waals surface area contributed by atoms with Crippen molar-refractivity contribution in [2.75, 3.05) is 14.1 Å². The van der Waals surface area contributed by atoms with Gasteiger partial charge in [-0.2, -0.15) is 0 Å². The number of nitrogens with one attached hydrogen (secondary N) is 1. The van der Waals surface area contributed by atoms with Crippen LogP contribution in [0.4, 0.5) is 0 Å². The van der Waals surface area contributed by atoms with Gasteiger partial charge in [-0.05, 0) is 47.8 Å². The topological polar surface area (TPSA) is 29.1 Å². The first kappa shape index (κ1) is 11.8. The molecule has 6 heteroatoms. The van der Waals surface area contributed by atoms with E-state index in [1.807, 2.05) is 14.1 Å². The third-order valence-electron chi connectivity index (χ3n) is 0. The van der Waals surface area contributed by atoms with Crippen LogP contribution in [0.3, 0.4) is 0 Å². The van der Waals surface area contributed by atoms with Gasteiger partial charge in [-0.15, -0.1) is 0 Å². The zero-order chi connectivity index (χ0) is 7.21. The molecule has 0 unspecified atom stereocenters. The van der Waals surface area contributed by atoms with Gasteiger partial charge in [-0.1, -0.05) is 0 Å². The van der Waals surface area contributed by atoms with Gasteiger partial charge < -0.3 is 5.32 Å². The Morgan fingerprint density at radius 2 is 1.25 bits per heavy atom. The summed E-state index contributed by atoms with van der Waals surface area (Å²) in [5.74, 6) is 0. The maximum atomic E-state index is 9.51. The second kappa shape index (κ2) is 6.18. The van der Waals surface area contributed by atoms with Crippen molar-refractivity contribution in [1.29, 1.82) is 0 Å². The summed E-state index contributed by atoms with van der Waals surface area (Å²) in [4.78, 5) is 0. The largest absolute Gasteiger partial charge is 0.339 e. The van der Waals surface area contributed by atoms with E-state index in [-0.39, 0.29) is 0 Å². The Hall–Kier alpha value is 1.06. The van der Waals surface area contributed by atoms with Crippen LogP contribution in [0.5, 0.6) is 0 Å². The Balaban J connectivity index is 0. The van der Waals surface area contributed by atoms with E-state index in [1.54, 1.807) is 0 Å². The highest BCUT2D eigenvalue weighted by molar-refractivity contribution is 8.24. The molecule has 2 nitrogen and oxygen atoms in total. The summed E-state index contributed by atoms with van der Waals surface area (Å²) in [6.07, 6.45) is 0. The fourth-order valence-electron chi connectivity index (χ4n) is 0. The summed E-state index contributed by atoms with van der Waals surface area (Å²) in [5.41, 5.74) is 0. The van der Waals surface area contributed by atoms with Gasteiger partial charge in [0.25, 0.3) is 0 Å². The van der Waals surface area contributed by atoms with Crippen LogP contribution in [0.15, 0.2) is 0 Å². The van der Waals surface area contributed by atoms with Crippen molar-refractivity contribution >= 4 is 38.9 Å². The molecule has 0 atom stereocenters. The standard InChI is InChI=1S/C2H7N.Cl3OP/c1-3-2;1-5(2,3)4/h3H,1-2H3;. The Bertz CT molecular complexity index is 73.1. The molecule has 0 fully saturated rings. The molecule has 0 aromatic heterocycles. The monoisotopic (exact) mass is 197 g/mol. The second-order valence-corrected chi connectivity index (χ2v) is 7.54. The highest BCUT2D eigenvalue weighted by Crippen LogP contribution is 2.61. The molecule has 0 amide bonds. The normalized spacial score (nSPS) is 9.62. The molecular formula is C2H7Cl3NOP. The number of hydrogen-bond donors (Lipinski definition) is 1. The minimum atomic E-state index is -3.22. The predicted octanol–water partition coefficient (Wildman–Crippen LogP) is 2.65. The molecular weight excluding hydrogens is 191 g/mol. The fraction of sp³-hybridized carbons (Fsp3) is 1.00. The first-order valence-corrected chi connectivity index (χ1v) is 6.11. The van der Waals surface area contributed by atoms with Gasteiger partial charge in [-0.3, -0.25) is 4.57 Å². The van der Waals surface area contributed by atoms with E-state index in [9.17, 15) is 4.57 Å². The number of hydrogen-bond acceptors (Lipinski definition) is 2. The van der Waals surface area contributed by atoms with Crippen LogP contribution in [-0.2, 0) is 4.57 Å². The van der Waals surface area contributed by atoms with Crippen LogP contribution in [0.25, 0.3) is 0 Å². The summed E-state index contributed by atoms with van der Waals surface area (Å²) in [6, 6.07) is 0. The molecule has 0 aromatic carbocycles. The van der Waals surface area contributed by atoms with E-state index in [0.717, 1.165) is 0 Å². The summed E-state index contributed by atoms with van der Waals surface area (Å²) in [7, 11) is 3.75. The van der Waals surface area contributed by atoms with Crippen LogP contribution in [0.1, 0.15) is 0 Å². The minimum Gasteiger partial charge on any atom is -0.323 e. The lowest BCUT2D eigenvalue weighted by Gasteiger charge is -1.74. The number of halogens is 3. The summed E-state index contributed by atoms with van der Waals surface area (Å²) >= 11 is 13.8. The van der Waals surface area contributed by atoms with E-state index in [0.29, 0.717) is 0 Å². The van der Waals surface area contributed by atoms with Crippen molar-refractivity contribution in [3.8, 4) is 0 Å². The second-order valence-electron chi connectivity index (χ2n) is 0.899. The zero-order valence-electron chi connectivity index (χ0n) is 4.49. The third-order valence-corrected chi connectivity index (χ3v) is 0. The van der Waals surface area contributed by atoms with Gasteiger partial charge in [0.1, 0.15) is 0 Å². The van der Waals surface area contributed by atoms with Crippen molar-refractivity contribution in [3.05, 3.63) is 0 Å². The third kappa shape index (κ3) is 231. The molecule has 52 valence electrons. The Kier molecular flexibility index (Phi) is 9.13. The minimum absolute atomic E-state index is 1.88. The maximum absolute atomic E-state index is 9.51. The molecule has 0 heterocycles. The lowest BCUT2D eigenvalue weighted by Crippen LogP contribution is -1.89. The van der Waals surface area contributed by atoms with Gasteiger partial charge in [0, 0.05) is 0 Å². The van der Waals surface area contributed by atoms with Crippen LogP contribution in [-0.4, -0.2) is 14.1 Å². The van der Waals surface area contributed by atoms with Crippen LogP contribution in [0, 0.1) is 0 Å². The van der Waals surface area contributed by atoms with Crippen LogP contribution >= 0.6 is 38.9 Å². The molecule has 0 radical (unpaired) electrons. The predicted molar refractivity (Wildman–Crippen MR) is 40.1 cm³/mol. The maximum Gasteiger partial charge on any atom is 0.339 e. The molecule has 0 aliphatic carbocycles. The molecule has 0 aromatic rings.